The number of hydrogen-bond acceptors (Lipinski definition) is 4. The van der Waals surface area contributed by atoms with E-state index in [0.717, 1.165) is 17.7 Å². The predicted molar refractivity (Wildman–Crippen MR) is 118 cm³/mol. The van der Waals surface area contributed by atoms with Gasteiger partial charge in [-0.05, 0) is 82.5 Å². The number of nitrogen functional groups attached to an aromatic ring is 1. The summed E-state index contributed by atoms with van der Waals surface area (Å²) in [7, 11) is 0. The fourth-order valence-corrected chi connectivity index (χ4v) is 6.00. The van der Waals surface area contributed by atoms with Gasteiger partial charge in [0.05, 0.1) is 11.3 Å². The number of halogens is 3. The Hall–Kier alpha value is -2.09. The van der Waals surface area contributed by atoms with Gasteiger partial charge in [-0.1, -0.05) is 6.92 Å². The molecule has 3 fully saturated rings. The molecule has 2 aromatic heterocycles. The minimum absolute atomic E-state index is 0.142. The van der Waals surface area contributed by atoms with Crippen molar-refractivity contribution in [2.24, 2.45) is 17.8 Å². The molecule has 1 aliphatic heterocycles. The third-order valence-corrected chi connectivity index (χ3v) is 7.87. The molecule has 0 spiro atoms. The van der Waals surface area contributed by atoms with Crippen molar-refractivity contribution in [2.45, 2.75) is 70.6 Å². The summed E-state index contributed by atoms with van der Waals surface area (Å²) in [6.07, 6.45) is 1.91. The normalized spacial score (nSPS) is 29.0. The molecule has 4 atom stereocenters. The van der Waals surface area contributed by atoms with Crippen LogP contribution < -0.4 is 5.73 Å². The summed E-state index contributed by atoms with van der Waals surface area (Å²) < 4.78 is 41.9. The molecule has 3 aliphatic rings. The molecule has 2 aliphatic carbocycles. The van der Waals surface area contributed by atoms with Crippen LogP contribution in [0.15, 0.2) is 18.3 Å². The second-order valence-electron chi connectivity index (χ2n) is 10.3. The number of rotatable bonds is 4. The molecule has 0 aromatic carbocycles. The van der Waals surface area contributed by atoms with E-state index in [2.05, 4.69) is 30.7 Å². The average molecular weight is 448 g/mol. The summed E-state index contributed by atoms with van der Waals surface area (Å²) in [5.74, 6) is 2.13. The van der Waals surface area contributed by atoms with Crippen LogP contribution in [0.5, 0.6) is 0 Å². The van der Waals surface area contributed by atoms with Gasteiger partial charge in [0.2, 0.25) is 0 Å². The second kappa shape index (κ2) is 7.75. The van der Waals surface area contributed by atoms with Crippen LogP contribution in [0.2, 0.25) is 0 Å². The molecule has 3 heterocycles. The van der Waals surface area contributed by atoms with Crippen molar-refractivity contribution >= 4 is 5.82 Å². The van der Waals surface area contributed by atoms with E-state index in [1.165, 1.54) is 45.0 Å². The van der Waals surface area contributed by atoms with Crippen molar-refractivity contribution in [1.82, 2.24) is 19.7 Å². The molecule has 0 bridgehead atoms. The molecular weight excluding hydrogens is 415 g/mol. The lowest BCUT2D eigenvalue weighted by molar-refractivity contribution is -0.137. The van der Waals surface area contributed by atoms with Gasteiger partial charge in [0, 0.05) is 35.5 Å². The zero-order valence-electron chi connectivity index (χ0n) is 18.9. The maximum atomic E-state index is 13.3. The van der Waals surface area contributed by atoms with Crippen molar-refractivity contribution in [1.29, 1.82) is 0 Å². The van der Waals surface area contributed by atoms with Crippen LogP contribution in [0.25, 0.3) is 11.3 Å². The Morgan fingerprint density at radius 3 is 2.34 bits per heavy atom. The molecule has 0 radical (unpaired) electrons. The van der Waals surface area contributed by atoms with E-state index in [0.29, 0.717) is 35.1 Å². The highest BCUT2D eigenvalue weighted by atomic mass is 19.4. The third-order valence-electron chi connectivity index (χ3n) is 7.87. The maximum absolute atomic E-state index is 13.3. The van der Waals surface area contributed by atoms with Crippen LogP contribution in [0, 0.1) is 17.8 Å². The van der Waals surface area contributed by atoms with Gasteiger partial charge in [-0.25, -0.2) is 4.98 Å². The van der Waals surface area contributed by atoms with Gasteiger partial charge in [-0.15, -0.1) is 0 Å². The van der Waals surface area contributed by atoms with E-state index in [9.17, 15) is 13.2 Å². The summed E-state index contributed by atoms with van der Waals surface area (Å²) >= 11 is 0. The van der Waals surface area contributed by atoms with E-state index in [-0.39, 0.29) is 6.04 Å². The number of nitrogens with zero attached hydrogens (tertiary/aromatic N) is 4. The number of nitrogens with two attached hydrogens (primary N) is 1. The molecule has 8 heteroatoms. The number of hydrogen-bond donors (Lipinski definition) is 1. The third kappa shape index (κ3) is 3.80. The zero-order valence-corrected chi connectivity index (χ0v) is 18.9. The van der Waals surface area contributed by atoms with Crippen molar-refractivity contribution in [3.8, 4) is 11.3 Å². The number of anilines is 1. The minimum atomic E-state index is -4.54. The van der Waals surface area contributed by atoms with Crippen LogP contribution in [0.1, 0.15) is 69.7 Å². The number of fused-ring (bicyclic) bond motifs is 1. The molecular formula is C24H32F3N5. The van der Waals surface area contributed by atoms with Crippen LogP contribution in [0.4, 0.5) is 19.0 Å². The van der Waals surface area contributed by atoms with Crippen LogP contribution in [-0.4, -0.2) is 38.8 Å². The molecule has 2 N–H and O–H groups in total. The molecule has 2 saturated carbocycles. The standard InChI is InChI=1S/C24H32F3N5/c1-13(2)32-21(11-20(30-32)15-8-19(24(25,26)27)23(28)29-12-15)22-17-9-16(10-18(17)22)31-6-4-14(3)5-7-31/h8,11-14,16-18,22H,4-7,9-10H2,1-3H3,(H2,28,29)/t16?,17-,18+,22?. The first kappa shape index (κ1) is 21.7. The molecule has 0 amide bonds. The van der Waals surface area contributed by atoms with Crippen molar-refractivity contribution in [3.63, 3.8) is 0 Å². The van der Waals surface area contributed by atoms with Crippen molar-refractivity contribution in [2.75, 3.05) is 18.8 Å². The van der Waals surface area contributed by atoms with Gasteiger partial charge in [0.15, 0.2) is 0 Å². The number of alkyl halides is 3. The number of piperidine rings is 1. The van der Waals surface area contributed by atoms with Gasteiger partial charge < -0.3 is 10.6 Å². The number of pyridine rings is 1. The maximum Gasteiger partial charge on any atom is 0.419 e. The lowest BCUT2D eigenvalue weighted by Crippen LogP contribution is -2.40. The fourth-order valence-electron chi connectivity index (χ4n) is 6.00. The lowest BCUT2D eigenvalue weighted by Gasteiger charge is -2.36. The SMILES string of the molecule is CC1CCN(C2C[C@@H]3C(c4cc(-c5cnc(N)c(C(F)(F)F)c5)nn4C(C)C)[C@@H]3C2)CC1. The summed E-state index contributed by atoms with van der Waals surface area (Å²) in [4.78, 5) is 6.48. The first-order valence-electron chi connectivity index (χ1n) is 11.8. The topological polar surface area (TPSA) is 60.0 Å². The molecule has 5 nitrogen and oxygen atoms in total. The van der Waals surface area contributed by atoms with Crippen LogP contribution in [-0.2, 0) is 6.18 Å². The van der Waals surface area contributed by atoms with E-state index < -0.39 is 17.6 Å². The fraction of sp³-hybridized carbons (Fsp3) is 0.667. The summed E-state index contributed by atoms with van der Waals surface area (Å²) in [6, 6.07) is 3.89. The Balaban J connectivity index is 1.36. The molecule has 2 aromatic rings. The first-order chi connectivity index (χ1) is 15.1. The quantitative estimate of drug-likeness (QED) is 0.686. The molecule has 2 unspecified atom stereocenters. The number of likely N-dealkylation sites (tertiary alicyclic amines) is 1. The van der Waals surface area contributed by atoms with E-state index in [1.54, 1.807) is 0 Å². The van der Waals surface area contributed by atoms with Crippen molar-refractivity contribution < 1.29 is 13.2 Å². The van der Waals surface area contributed by atoms with Crippen molar-refractivity contribution in [3.05, 3.63) is 29.6 Å². The highest BCUT2D eigenvalue weighted by molar-refractivity contribution is 5.63. The first-order valence-corrected chi connectivity index (χ1v) is 11.8. The zero-order chi connectivity index (χ0) is 22.8. The van der Waals surface area contributed by atoms with Gasteiger partial charge in [-0.3, -0.25) is 4.68 Å². The summed E-state index contributed by atoms with van der Waals surface area (Å²) in [5, 5.41) is 4.70. The van der Waals surface area contributed by atoms with E-state index >= 15 is 0 Å². The van der Waals surface area contributed by atoms with Gasteiger partial charge in [0.25, 0.3) is 0 Å². The molecule has 5 rings (SSSR count). The van der Waals surface area contributed by atoms with Gasteiger partial charge >= 0.3 is 6.18 Å². The summed E-state index contributed by atoms with van der Waals surface area (Å²) in [6.45, 7) is 8.92. The van der Waals surface area contributed by atoms with Gasteiger partial charge in [0.1, 0.15) is 5.82 Å². The van der Waals surface area contributed by atoms with Crippen LogP contribution in [0.3, 0.4) is 0 Å². The summed E-state index contributed by atoms with van der Waals surface area (Å²) in [5.41, 5.74) is 6.63. The Kier molecular flexibility index (Phi) is 5.26. The minimum Gasteiger partial charge on any atom is -0.383 e. The molecule has 174 valence electrons. The smallest absolute Gasteiger partial charge is 0.383 e. The van der Waals surface area contributed by atoms with Crippen LogP contribution >= 0.6 is 0 Å². The monoisotopic (exact) mass is 447 g/mol. The molecule has 1 saturated heterocycles. The van der Waals surface area contributed by atoms with E-state index in [4.69, 9.17) is 10.8 Å². The Morgan fingerprint density at radius 2 is 1.75 bits per heavy atom. The molecule has 32 heavy (non-hydrogen) atoms. The van der Waals surface area contributed by atoms with Gasteiger partial charge in [-0.2, -0.15) is 18.3 Å². The largest absolute Gasteiger partial charge is 0.419 e. The highest BCUT2D eigenvalue weighted by Crippen LogP contribution is 2.64. The Labute approximate surface area is 187 Å². The number of aromatic nitrogens is 3. The average Bonchev–Trinajstić information content (AvgIpc) is 3.08. The Bertz CT molecular complexity index is 978. The predicted octanol–water partition coefficient (Wildman–Crippen LogP) is 5.35. The Morgan fingerprint density at radius 1 is 1.09 bits per heavy atom. The van der Waals surface area contributed by atoms with E-state index in [1.807, 2.05) is 10.7 Å². The highest BCUT2D eigenvalue weighted by Gasteiger charge is 2.58. The lowest BCUT2D eigenvalue weighted by atomic mass is 9.95. The second-order valence-corrected chi connectivity index (χ2v) is 10.3.